The highest BCUT2D eigenvalue weighted by molar-refractivity contribution is 7.14. The van der Waals surface area contributed by atoms with Gasteiger partial charge in [-0.1, -0.05) is 11.6 Å². The van der Waals surface area contributed by atoms with Crippen molar-refractivity contribution >= 4 is 34.6 Å². The lowest BCUT2D eigenvalue weighted by atomic mass is 10.4. The van der Waals surface area contributed by atoms with Crippen molar-refractivity contribution in [2.45, 2.75) is 13.5 Å². The van der Waals surface area contributed by atoms with E-state index in [1.807, 2.05) is 0 Å². The Morgan fingerprint density at radius 3 is 2.85 bits per heavy atom. The normalized spacial score (nSPS) is 10.6. The molecule has 106 valence electrons. The summed E-state index contributed by atoms with van der Waals surface area (Å²) in [5.74, 6) is -0.128. The standard InChI is InChI=1S/C11H10ClN3O4S/c1-6-7(15(17)18)3-8(20-6)11(16)19-5-10-13-4-9(12)14(10)2/h3-4H,5H2,1-2H3. The third-order valence-electron chi connectivity index (χ3n) is 2.65. The summed E-state index contributed by atoms with van der Waals surface area (Å²) in [6.07, 6.45) is 1.45. The minimum atomic E-state index is -0.620. The van der Waals surface area contributed by atoms with Crippen LogP contribution in [0.1, 0.15) is 20.4 Å². The summed E-state index contributed by atoms with van der Waals surface area (Å²) >= 11 is 6.83. The van der Waals surface area contributed by atoms with Crippen molar-refractivity contribution < 1.29 is 14.5 Å². The van der Waals surface area contributed by atoms with Gasteiger partial charge in [0.05, 0.1) is 16.0 Å². The predicted octanol–water partition coefficient (Wildman–Crippen LogP) is 2.71. The number of hydrogen-bond donors (Lipinski definition) is 0. The van der Waals surface area contributed by atoms with E-state index in [2.05, 4.69) is 4.98 Å². The Kier molecular flexibility index (Phi) is 4.05. The number of rotatable bonds is 4. The Morgan fingerprint density at radius 1 is 1.65 bits per heavy atom. The fraction of sp³-hybridized carbons (Fsp3) is 0.273. The van der Waals surface area contributed by atoms with Crippen LogP contribution in [-0.4, -0.2) is 20.4 Å². The van der Waals surface area contributed by atoms with Gasteiger partial charge in [0.15, 0.2) is 0 Å². The van der Waals surface area contributed by atoms with Gasteiger partial charge >= 0.3 is 5.97 Å². The van der Waals surface area contributed by atoms with Gasteiger partial charge < -0.3 is 9.30 Å². The summed E-state index contributed by atoms with van der Waals surface area (Å²) in [6.45, 7) is 1.53. The summed E-state index contributed by atoms with van der Waals surface area (Å²) in [5, 5.41) is 11.1. The molecule has 0 aliphatic heterocycles. The molecule has 2 rings (SSSR count). The zero-order chi connectivity index (χ0) is 14.9. The number of carbonyl (C=O) groups is 1. The second kappa shape index (κ2) is 5.59. The van der Waals surface area contributed by atoms with E-state index in [-0.39, 0.29) is 17.2 Å². The van der Waals surface area contributed by atoms with Gasteiger partial charge in [-0.15, -0.1) is 11.3 Å². The lowest BCUT2D eigenvalue weighted by Gasteiger charge is -2.03. The molecule has 0 fully saturated rings. The summed E-state index contributed by atoms with van der Waals surface area (Å²) in [5.41, 5.74) is -0.0815. The number of carbonyl (C=O) groups excluding carboxylic acids is 1. The fourth-order valence-electron chi connectivity index (χ4n) is 1.51. The molecular weight excluding hydrogens is 306 g/mol. The topological polar surface area (TPSA) is 87.3 Å². The lowest BCUT2D eigenvalue weighted by molar-refractivity contribution is -0.385. The Morgan fingerprint density at radius 2 is 2.35 bits per heavy atom. The average Bonchev–Trinajstić information content (AvgIpc) is 2.92. The maximum atomic E-state index is 11.8. The minimum Gasteiger partial charge on any atom is -0.453 e. The van der Waals surface area contributed by atoms with Gasteiger partial charge in [0, 0.05) is 13.1 Å². The number of halogens is 1. The van der Waals surface area contributed by atoms with Crippen LogP contribution in [-0.2, 0) is 18.4 Å². The average molecular weight is 316 g/mol. The van der Waals surface area contributed by atoms with Crippen LogP contribution < -0.4 is 0 Å². The molecule has 0 aliphatic carbocycles. The predicted molar refractivity (Wildman–Crippen MR) is 73.0 cm³/mol. The molecule has 9 heteroatoms. The van der Waals surface area contributed by atoms with Crippen molar-refractivity contribution in [2.75, 3.05) is 0 Å². The number of ether oxygens (including phenoxy) is 1. The van der Waals surface area contributed by atoms with Crippen LogP contribution in [0.25, 0.3) is 0 Å². The quantitative estimate of drug-likeness (QED) is 0.492. The maximum Gasteiger partial charge on any atom is 0.349 e. The first-order chi connectivity index (χ1) is 9.40. The molecule has 0 aliphatic rings. The van der Waals surface area contributed by atoms with Crippen molar-refractivity contribution in [3.63, 3.8) is 0 Å². The van der Waals surface area contributed by atoms with Crippen LogP contribution in [0.2, 0.25) is 5.15 Å². The molecule has 0 N–H and O–H groups in total. The number of hydrogen-bond acceptors (Lipinski definition) is 6. The molecule has 20 heavy (non-hydrogen) atoms. The van der Waals surface area contributed by atoms with E-state index in [0.29, 0.717) is 15.9 Å². The zero-order valence-corrected chi connectivity index (χ0v) is 12.2. The molecule has 0 saturated heterocycles. The minimum absolute atomic E-state index is 0.0488. The van der Waals surface area contributed by atoms with Crippen molar-refractivity contribution in [2.24, 2.45) is 7.05 Å². The van der Waals surface area contributed by atoms with Crippen LogP contribution >= 0.6 is 22.9 Å². The Balaban J connectivity index is 2.07. The largest absolute Gasteiger partial charge is 0.453 e. The van der Waals surface area contributed by atoms with Gasteiger partial charge in [-0.2, -0.15) is 0 Å². The van der Waals surface area contributed by atoms with E-state index in [1.54, 1.807) is 18.5 Å². The van der Waals surface area contributed by atoms with Gasteiger partial charge in [0.2, 0.25) is 0 Å². The van der Waals surface area contributed by atoms with Crippen LogP contribution in [0, 0.1) is 17.0 Å². The van der Waals surface area contributed by atoms with Crippen molar-refractivity contribution in [1.82, 2.24) is 9.55 Å². The van der Waals surface area contributed by atoms with Gasteiger partial charge in [-0.3, -0.25) is 10.1 Å². The molecule has 0 radical (unpaired) electrons. The second-order valence-electron chi connectivity index (χ2n) is 3.94. The van der Waals surface area contributed by atoms with Gasteiger partial charge in [0.25, 0.3) is 5.69 Å². The van der Waals surface area contributed by atoms with E-state index in [9.17, 15) is 14.9 Å². The molecule has 2 aromatic rings. The summed E-state index contributed by atoms with van der Waals surface area (Å²) in [4.78, 5) is 26.6. The number of nitrogens with zero attached hydrogens (tertiary/aromatic N) is 3. The highest BCUT2D eigenvalue weighted by atomic mass is 35.5. The molecule has 0 aromatic carbocycles. The molecule has 7 nitrogen and oxygen atoms in total. The molecule has 0 atom stereocenters. The first-order valence-electron chi connectivity index (χ1n) is 5.48. The van der Waals surface area contributed by atoms with Gasteiger partial charge in [0.1, 0.15) is 22.5 Å². The highest BCUT2D eigenvalue weighted by Crippen LogP contribution is 2.28. The SMILES string of the molecule is Cc1sc(C(=O)OCc2ncc(Cl)n2C)cc1[N+](=O)[O-]. The smallest absolute Gasteiger partial charge is 0.349 e. The molecule has 2 heterocycles. The number of imidazole rings is 1. The van der Waals surface area contributed by atoms with Crippen LogP contribution in [0.5, 0.6) is 0 Å². The first kappa shape index (κ1) is 14.5. The first-order valence-corrected chi connectivity index (χ1v) is 6.67. The van der Waals surface area contributed by atoms with E-state index < -0.39 is 10.9 Å². The number of aryl methyl sites for hydroxylation is 1. The third-order valence-corrected chi connectivity index (χ3v) is 4.02. The number of thiophene rings is 1. The second-order valence-corrected chi connectivity index (χ2v) is 5.59. The van der Waals surface area contributed by atoms with Crippen molar-refractivity contribution in [3.05, 3.63) is 43.1 Å². The van der Waals surface area contributed by atoms with E-state index >= 15 is 0 Å². The molecule has 0 saturated carbocycles. The number of esters is 1. The fourth-order valence-corrected chi connectivity index (χ4v) is 2.54. The van der Waals surface area contributed by atoms with E-state index in [4.69, 9.17) is 16.3 Å². The summed E-state index contributed by atoms with van der Waals surface area (Å²) in [7, 11) is 1.69. The van der Waals surface area contributed by atoms with Crippen LogP contribution in [0.15, 0.2) is 12.3 Å². The van der Waals surface area contributed by atoms with Gasteiger partial charge in [-0.25, -0.2) is 9.78 Å². The molecule has 0 amide bonds. The Labute approximate surface area is 122 Å². The molecule has 2 aromatic heterocycles. The molecule has 0 bridgehead atoms. The Bertz CT molecular complexity index is 679. The van der Waals surface area contributed by atoms with Crippen LogP contribution in [0.3, 0.4) is 0 Å². The summed E-state index contributed by atoms with van der Waals surface area (Å²) in [6, 6.07) is 1.22. The number of nitro groups is 1. The van der Waals surface area contributed by atoms with Crippen LogP contribution in [0.4, 0.5) is 5.69 Å². The monoisotopic (exact) mass is 315 g/mol. The third kappa shape index (κ3) is 2.81. The van der Waals surface area contributed by atoms with Crippen molar-refractivity contribution in [3.8, 4) is 0 Å². The molecule has 0 unspecified atom stereocenters. The molecule has 0 spiro atoms. The van der Waals surface area contributed by atoms with Gasteiger partial charge in [-0.05, 0) is 6.92 Å². The van der Waals surface area contributed by atoms with E-state index in [0.717, 1.165) is 11.3 Å². The van der Waals surface area contributed by atoms with E-state index in [1.165, 1.54) is 12.3 Å². The maximum absolute atomic E-state index is 11.8. The Hall–Kier alpha value is -1.93. The lowest BCUT2D eigenvalue weighted by Crippen LogP contribution is -2.07. The highest BCUT2D eigenvalue weighted by Gasteiger charge is 2.20. The summed E-state index contributed by atoms with van der Waals surface area (Å²) < 4.78 is 6.64. The number of aromatic nitrogens is 2. The van der Waals surface area contributed by atoms with Crippen molar-refractivity contribution in [1.29, 1.82) is 0 Å². The zero-order valence-electron chi connectivity index (χ0n) is 10.6. The molecular formula is C11H10ClN3O4S.